The summed E-state index contributed by atoms with van der Waals surface area (Å²) in [5.74, 6) is -1.86. The molecule has 0 saturated carbocycles. The normalized spacial score (nSPS) is 20.2. The number of non-ortho nitro benzene ring substituents is 1. The number of nitro benzene ring substituents is 1. The highest BCUT2D eigenvalue weighted by Crippen LogP contribution is 2.44. The van der Waals surface area contributed by atoms with E-state index in [-0.39, 0.29) is 22.3 Å². The van der Waals surface area contributed by atoms with Crippen LogP contribution in [0.2, 0.25) is 0 Å². The maximum absolute atomic E-state index is 12.1. The number of ether oxygens (including phenoxy) is 3. The van der Waals surface area contributed by atoms with E-state index in [0.29, 0.717) is 5.56 Å². The Balaban J connectivity index is 2.63. The number of halogens is 1. The third-order valence-electron chi connectivity index (χ3n) is 3.41. The minimum atomic E-state index is -1.48. The van der Waals surface area contributed by atoms with E-state index in [1.165, 1.54) is 38.5 Å². The molecule has 1 aromatic carbocycles. The fraction of sp³-hybridized carbons (Fsp3) is 0.286. The molecule has 9 heteroatoms. The van der Waals surface area contributed by atoms with Crippen LogP contribution in [0, 0.1) is 10.1 Å². The lowest BCUT2D eigenvalue weighted by Gasteiger charge is -2.27. The standard InChI is InChI=1S/C14H12BrNO7/c1-21-11-10(12(17)22-2)14(7-15,23-13(11)18)8-3-5-9(6-4-8)16(19)20/h3-6H,7H2,1-2H3. The van der Waals surface area contributed by atoms with Crippen molar-refractivity contribution >= 4 is 33.6 Å². The van der Waals surface area contributed by atoms with E-state index in [1.54, 1.807) is 0 Å². The fourth-order valence-electron chi connectivity index (χ4n) is 2.31. The maximum Gasteiger partial charge on any atom is 0.375 e. The Hall–Kier alpha value is -2.42. The van der Waals surface area contributed by atoms with Crippen molar-refractivity contribution in [2.45, 2.75) is 5.60 Å². The number of methoxy groups -OCH3 is 2. The van der Waals surface area contributed by atoms with Gasteiger partial charge in [-0.05, 0) is 12.1 Å². The van der Waals surface area contributed by atoms with Crippen molar-refractivity contribution in [3.63, 3.8) is 0 Å². The minimum Gasteiger partial charge on any atom is -0.489 e. The van der Waals surface area contributed by atoms with Gasteiger partial charge in [-0.3, -0.25) is 10.1 Å². The summed E-state index contributed by atoms with van der Waals surface area (Å²) in [7, 11) is 2.40. The number of carbonyl (C=O) groups excluding carboxylic acids is 2. The number of alkyl halides is 1. The second-order valence-electron chi connectivity index (χ2n) is 4.55. The van der Waals surface area contributed by atoms with Gasteiger partial charge in [0.2, 0.25) is 5.76 Å². The highest BCUT2D eigenvalue weighted by Gasteiger charge is 2.53. The summed E-state index contributed by atoms with van der Waals surface area (Å²) in [6.45, 7) is 0. The summed E-state index contributed by atoms with van der Waals surface area (Å²) in [5, 5.41) is 10.8. The zero-order valence-electron chi connectivity index (χ0n) is 12.2. The summed E-state index contributed by atoms with van der Waals surface area (Å²) in [5.41, 5.74) is -1.33. The van der Waals surface area contributed by atoms with Gasteiger partial charge in [0.15, 0.2) is 5.60 Å². The molecule has 1 heterocycles. The monoisotopic (exact) mass is 385 g/mol. The molecule has 1 aromatic rings. The Morgan fingerprint density at radius 3 is 2.39 bits per heavy atom. The summed E-state index contributed by atoms with van der Waals surface area (Å²) >= 11 is 3.23. The molecule has 0 radical (unpaired) electrons. The van der Waals surface area contributed by atoms with Gasteiger partial charge in [-0.25, -0.2) is 9.59 Å². The van der Waals surface area contributed by atoms with Gasteiger partial charge < -0.3 is 14.2 Å². The van der Waals surface area contributed by atoms with Crippen LogP contribution in [-0.2, 0) is 29.4 Å². The van der Waals surface area contributed by atoms with Crippen molar-refractivity contribution in [3.8, 4) is 0 Å². The van der Waals surface area contributed by atoms with Crippen LogP contribution >= 0.6 is 15.9 Å². The largest absolute Gasteiger partial charge is 0.489 e. The molecule has 1 unspecified atom stereocenters. The molecule has 0 aliphatic carbocycles. The third kappa shape index (κ3) is 2.67. The first-order chi connectivity index (χ1) is 10.9. The second kappa shape index (κ2) is 6.37. The van der Waals surface area contributed by atoms with Gasteiger partial charge in [-0.1, -0.05) is 15.9 Å². The Labute approximate surface area is 139 Å². The molecule has 0 saturated heterocycles. The number of nitrogens with zero attached hydrogens (tertiary/aromatic N) is 1. The van der Waals surface area contributed by atoms with E-state index in [1.807, 2.05) is 0 Å². The molecule has 0 spiro atoms. The lowest BCUT2D eigenvalue weighted by molar-refractivity contribution is -0.384. The molecule has 122 valence electrons. The average molecular weight is 386 g/mol. The number of hydrogen-bond donors (Lipinski definition) is 0. The van der Waals surface area contributed by atoms with Gasteiger partial charge >= 0.3 is 11.9 Å². The van der Waals surface area contributed by atoms with Gasteiger partial charge in [0.25, 0.3) is 5.69 Å². The molecular weight excluding hydrogens is 374 g/mol. The quantitative estimate of drug-likeness (QED) is 0.329. The SMILES string of the molecule is COC(=O)C1=C(OC)C(=O)OC1(CBr)c1ccc([N+](=O)[O-])cc1. The molecule has 23 heavy (non-hydrogen) atoms. The summed E-state index contributed by atoms with van der Waals surface area (Å²) < 4.78 is 15.1. The highest BCUT2D eigenvalue weighted by molar-refractivity contribution is 9.09. The van der Waals surface area contributed by atoms with Crippen LogP contribution in [0.5, 0.6) is 0 Å². The topological polar surface area (TPSA) is 105 Å². The van der Waals surface area contributed by atoms with Crippen LogP contribution < -0.4 is 0 Å². The van der Waals surface area contributed by atoms with Crippen LogP contribution in [-0.4, -0.2) is 36.4 Å². The molecule has 1 aliphatic heterocycles. The van der Waals surface area contributed by atoms with Crippen LogP contribution in [0.25, 0.3) is 0 Å². The zero-order chi connectivity index (χ0) is 17.2. The first-order valence-corrected chi connectivity index (χ1v) is 7.44. The summed E-state index contributed by atoms with van der Waals surface area (Å²) in [6, 6.07) is 5.34. The van der Waals surface area contributed by atoms with E-state index in [2.05, 4.69) is 15.9 Å². The minimum absolute atomic E-state index is 0.0425. The number of rotatable bonds is 5. The van der Waals surface area contributed by atoms with Crippen molar-refractivity contribution in [1.29, 1.82) is 0 Å². The van der Waals surface area contributed by atoms with Crippen molar-refractivity contribution in [2.24, 2.45) is 0 Å². The predicted octanol–water partition coefficient (Wildman–Crippen LogP) is 1.82. The van der Waals surface area contributed by atoms with Crippen molar-refractivity contribution in [3.05, 3.63) is 51.3 Å². The first kappa shape index (κ1) is 16.9. The second-order valence-corrected chi connectivity index (χ2v) is 5.11. The Morgan fingerprint density at radius 1 is 1.35 bits per heavy atom. The highest BCUT2D eigenvalue weighted by atomic mass is 79.9. The number of cyclic esters (lactones) is 1. The van der Waals surface area contributed by atoms with E-state index < -0.39 is 22.5 Å². The van der Waals surface area contributed by atoms with Gasteiger partial charge in [-0.15, -0.1) is 0 Å². The van der Waals surface area contributed by atoms with Gasteiger partial charge in [0.05, 0.1) is 24.5 Å². The van der Waals surface area contributed by atoms with E-state index in [0.717, 1.165) is 0 Å². The average Bonchev–Trinajstić information content (AvgIpc) is 2.86. The molecule has 0 fully saturated rings. The summed E-state index contributed by atoms with van der Waals surface area (Å²) in [4.78, 5) is 34.4. The third-order valence-corrected chi connectivity index (χ3v) is 4.20. The Morgan fingerprint density at radius 2 is 1.96 bits per heavy atom. The van der Waals surface area contributed by atoms with E-state index >= 15 is 0 Å². The zero-order valence-corrected chi connectivity index (χ0v) is 13.8. The van der Waals surface area contributed by atoms with Crippen LogP contribution in [0.4, 0.5) is 5.69 Å². The molecule has 0 amide bonds. The van der Waals surface area contributed by atoms with E-state index in [4.69, 9.17) is 14.2 Å². The number of nitro groups is 1. The predicted molar refractivity (Wildman–Crippen MR) is 80.7 cm³/mol. The van der Waals surface area contributed by atoms with Crippen LogP contribution in [0.1, 0.15) is 5.56 Å². The number of esters is 2. The van der Waals surface area contributed by atoms with Gasteiger partial charge in [0.1, 0.15) is 5.57 Å². The fourth-order valence-corrected chi connectivity index (χ4v) is 3.03. The van der Waals surface area contributed by atoms with Crippen LogP contribution in [0.15, 0.2) is 35.6 Å². The van der Waals surface area contributed by atoms with Crippen LogP contribution in [0.3, 0.4) is 0 Å². The number of benzene rings is 1. The number of hydrogen-bond acceptors (Lipinski definition) is 7. The first-order valence-electron chi connectivity index (χ1n) is 6.32. The Kier molecular flexibility index (Phi) is 4.69. The molecular formula is C14H12BrNO7. The van der Waals surface area contributed by atoms with Gasteiger partial charge in [-0.2, -0.15) is 0 Å². The smallest absolute Gasteiger partial charge is 0.375 e. The molecule has 1 atom stereocenters. The maximum atomic E-state index is 12.1. The van der Waals surface area contributed by atoms with Gasteiger partial charge in [0, 0.05) is 17.7 Å². The lowest BCUT2D eigenvalue weighted by Crippen LogP contribution is -2.35. The molecule has 8 nitrogen and oxygen atoms in total. The number of carbonyl (C=O) groups is 2. The van der Waals surface area contributed by atoms with E-state index in [9.17, 15) is 19.7 Å². The van der Waals surface area contributed by atoms with Crippen molar-refractivity contribution < 1.29 is 28.7 Å². The van der Waals surface area contributed by atoms with Crippen molar-refractivity contribution in [1.82, 2.24) is 0 Å². The molecule has 0 N–H and O–H groups in total. The molecule has 0 aromatic heterocycles. The molecule has 2 rings (SSSR count). The molecule has 1 aliphatic rings. The lowest BCUT2D eigenvalue weighted by atomic mass is 9.88. The molecule has 0 bridgehead atoms. The van der Waals surface area contributed by atoms with Crippen molar-refractivity contribution in [2.75, 3.05) is 19.5 Å². The summed E-state index contributed by atoms with van der Waals surface area (Å²) in [6.07, 6.45) is 0. The Bertz CT molecular complexity index is 698.